The molecular formula is C19H20N4O3. The number of ether oxygens (including phenoxy) is 2. The molecule has 0 fully saturated rings. The average Bonchev–Trinajstić information content (AvgIpc) is 3.08. The number of nitrogens with zero attached hydrogens (tertiary/aromatic N) is 3. The summed E-state index contributed by atoms with van der Waals surface area (Å²) >= 11 is 0. The van der Waals surface area contributed by atoms with Crippen LogP contribution in [-0.2, 0) is 13.0 Å². The molecule has 1 amide bonds. The zero-order chi connectivity index (χ0) is 18.5. The molecule has 0 aliphatic rings. The number of amides is 1. The molecule has 0 saturated heterocycles. The van der Waals surface area contributed by atoms with Gasteiger partial charge in [0.2, 0.25) is 0 Å². The Morgan fingerprint density at radius 1 is 1.27 bits per heavy atom. The molecule has 0 bridgehead atoms. The minimum Gasteiger partial charge on any atom is -0.493 e. The molecule has 1 N–H and O–H groups in total. The number of allylic oxidation sites excluding steroid dienone is 1. The molecule has 0 spiro atoms. The zero-order valence-electron chi connectivity index (χ0n) is 14.7. The third kappa shape index (κ3) is 3.37. The Morgan fingerprint density at radius 2 is 2.12 bits per heavy atom. The van der Waals surface area contributed by atoms with Gasteiger partial charge in [-0.2, -0.15) is 0 Å². The van der Waals surface area contributed by atoms with Crippen molar-refractivity contribution in [3.8, 4) is 11.5 Å². The highest BCUT2D eigenvalue weighted by Gasteiger charge is 2.16. The molecule has 1 aromatic carbocycles. The molecular weight excluding hydrogens is 332 g/mol. The number of hydrogen-bond acceptors (Lipinski definition) is 5. The number of fused-ring (bicyclic) bond motifs is 1. The van der Waals surface area contributed by atoms with Crippen LogP contribution in [0.2, 0.25) is 0 Å². The highest BCUT2D eigenvalue weighted by Crippen LogP contribution is 2.33. The highest BCUT2D eigenvalue weighted by atomic mass is 16.5. The van der Waals surface area contributed by atoms with Crippen molar-refractivity contribution in [3.05, 3.63) is 66.1 Å². The van der Waals surface area contributed by atoms with Crippen molar-refractivity contribution in [2.24, 2.45) is 0 Å². The average molecular weight is 352 g/mol. The number of carbonyl (C=O) groups excluding carboxylic acids is 1. The lowest BCUT2D eigenvalue weighted by molar-refractivity contribution is 0.0949. The summed E-state index contributed by atoms with van der Waals surface area (Å²) in [6.45, 7) is 4.00. The van der Waals surface area contributed by atoms with Crippen LogP contribution in [0.1, 0.15) is 21.7 Å². The van der Waals surface area contributed by atoms with Crippen LogP contribution >= 0.6 is 0 Å². The van der Waals surface area contributed by atoms with E-state index in [4.69, 9.17) is 9.47 Å². The van der Waals surface area contributed by atoms with Crippen molar-refractivity contribution in [1.29, 1.82) is 0 Å². The van der Waals surface area contributed by atoms with E-state index < -0.39 is 0 Å². The summed E-state index contributed by atoms with van der Waals surface area (Å²) in [4.78, 5) is 12.6. The van der Waals surface area contributed by atoms with Gasteiger partial charge in [-0.25, -0.2) is 0 Å². The summed E-state index contributed by atoms with van der Waals surface area (Å²) in [6.07, 6.45) is 4.17. The Labute approximate surface area is 151 Å². The van der Waals surface area contributed by atoms with Gasteiger partial charge in [0.15, 0.2) is 23.0 Å². The fourth-order valence-electron chi connectivity index (χ4n) is 2.75. The number of hydrogen-bond donors (Lipinski definition) is 1. The third-order valence-electron chi connectivity index (χ3n) is 3.97. The second-order valence-electron chi connectivity index (χ2n) is 5.59. The van der Waals surface area contributed by atoms with Gasteiger partial charge in [0.1, 0.15) is 0 Å². The van der Waals surface area contributed by atoms with Crippen LogP contribution in [0.3, 0.4) is 0 Å². The first kappa shape index (κ1) is 17.5. The fourth-order valence-corrected chi connectivity index (χ4v) is 2.75. The Hall–Kier alpha value is -3.35. The molecule has 3 rings (SSSR count). The van der Waals surface area contributed by atoms with Gasteiger partial charge in [0, 0.05) is 17.3 Å². The maximum atomic E-state index is 12.6. The fraction of sp³-hybridized carbons (Fsp3) is 0.211. The van der Waals surface area contributed by atoms with Gasteiger partial charge in [-0.05, 0) is 30.7 Å². The molecule has 3 aromatic rings. The lowest BCUT2D eigenvalue weighted by Gasteiger charge is -2.14. The molecule has 0 saturated carbocycles. The van der Waals surface area contributed by atoms with Crippen molar-refractivity contribution in [2.75, 3.05) is 14.2 Å². The number of aromatic nitrogens is 3. The van der Waals surface area contributed by atoms with Crippen LogP contribution in [0.5, 0.6) is 11.5 Å². The molecule has 134 valence electrons. The Balaban J connectivity index is 1.83. The second kappa shape index (κ2) is 7.69. The Bertz CT molecular complexity index is 949. The summed E-state index contributed by atoms with van der Waals surface area (Å²) in [7, 11) is 3.11. The predicted molar refractivity (Wildman–Crippen MR) is 97.6 cm³/mol. The van der Waals surface area contributed by atoms with Crippen LogP contribution in [0, 0.1) is 0 Å². The third-order valence-corrected chi connectivity index (χ3v) is 3.97. The maximum absolute atomic E-state index is 12.6. The zero-order valence-corrected chi connectivity index (χ0v) is 14.7. The van der Waals surface area contributed by atoms with Crippen molar-refractivity contribution >= 4 is 11.6 Å². The molecule has 0 radical (unpaired) electrons. The van der Waals surface area contributed by atoms with Crippen LogP contribution in [0.25, 0.3) is 5.65 Å². The first-order chi connectivity index (χ1) is 12.7. The number of rotatable bonds is 7. The number of methoxy groups -OCH3 is 2. The van der Waals surface area contributed by atoms with Crippen LogP contribution in [0.4, 0.5) is 0 Å². The molecule has 7 nitrogen and oxygen atoms in total. The van der Waals surface area contributed by atoms with E-state index in [1.54, 1.807) is 32.4 Å². The van der Waals surface area contributed by atoms with Gasteiger partial charge >= 0.3 is 0 Å². The topological polar surface area (TPSA) is 77.8 Å². The van der Waals surface area contributed by atoms with Crippen molar-refractivity contribution in [2.45, 2.75) is 13.0 Å². The summed E-state index contributed by atoms with van der Waals surface area (Å²) in [5, 5.41) is 11.0. The van der Waals surface area contributed by atoms with E-state index in [0.29, 0.717) is 29.3 Å². The Morgan fingerprint density at radius 3 is 2.85 bits per heavy atom. The van der Waals surface area contributed by atoms with Crippen LogP contribution in [0.15, 0.2) is 49.2 Å². The molecule has 0 unspecified atom stereocenters. The summed E-state index contributed by atoms with van der Waals surface area (Å²) in [5.74, 6) is 1.53. The minimum absolute atomic E-state index is 0.232. The van der Waals surface area contributed by atoms with Crippen molar-refractivity contribution in [3.63, 3.8) is 0 Å². The van der Waals surface area contributed by atoms with E-state index in [1.807, 2.05) is 28.8 Å². The largest absolute Gasteiger partial charge is 0.493 e. The number of carbonyl (C=O) groups is 1. The van der Waals surface area contributed by atoms with Gasteiger partial charge < -0.3 is 14.8 Å². The number of nitrogens with one attached hydrogen (secondary N) is 1. The van der Waals surface area contributed by atoms with Gasteiger partial charge in [-0.3, -0.25) is 9.20 Å². The smallest absolute Gasteiger partial charge is 0.251 e. The molecule has 0 aliphatic heterocycles. The van der Waals surface area contributed by atoms with E-state index >= 15 is 0 Å². The first-order valence-corrected chi connectivity index (χ1v) is 8.10. The van der Waals surface area contributed by atoms with Crippen molar-refractivity contribution < 1.29 is 14.3 Å². The summed E-state index contributed by atoms with van der Waals surface area (Å²) < 4.78 is 12.6. The van der Waals surface area contributed by atoms with Gasteiger partial charge in [0.25, 0.3) is 5.91 Å². The second-order valence-corrected chi connectivity index (χ2v) is 5.59. The maximum Gasteiger partial charge on any atom is 0.251 e. The normalized spacial score (nSPS) is 10.5. The molecule has 2 heterocycles. The number of benzene rings is 1. The quantitative estimate of drug-likeness (QED) is 0.661. The van der Waals surface area contributed by atoms with Gasteiger partial charge in [-0.1, -0.05) is 12.1 Å². The highest BCUT2D eigenvalue weighted by molar-refractivity contribution is 5.95. The summed E-state index contributed by atoms with van der Waals surface area (Å²) in [5.41, 5.74) is 2.05. The van der Waals surface area contributed by atoms with Crippen molar-refractivity contribution in [1.82, 2.24) is 19.9 Å². The number of pyridine rings is 1. The van der Waals surface area contributed by atoms with E-state index in [1.165, 1.54) is 0 Å². The van der Waals surface area contributed by atoms with Crippen LogP contribution < -0.4 is 14.8 Å². The lowest BCUT2D eigenvalue weighted by atomic mass is 10.0. The SMILES string of the molecule is C=CCc1cc(C(=O)NCc2nnc3ccccn23)cc(OC)c1OC. The van der Waals surface area contributed by atoms with E-state index in [9.17, 15) is 4.79 Å². The first-order valence-electron chi connectivity index (χ1n) is 8.10. The summed E-state index contributed by atoms with van der Waals surface area (Å²) in [6, 6.07) is 9.06. The van der Waals surface area contributed by atoms with E-state index in [0.717, 1.165) is 11.2 Å². The lowest BCUT2D eigenvalue weighted by Crippen LogP contribution is -2.24. The molecule has 2 aromatic heterocycles. The Kier molecular flexibility index (Phi) is 5.17. The predicted octanol–water partition coefficient (Wildman–Crippen LogP) is 2.41. The molecule has 26 heavy (non-hydrogen) atoms. The van der Waals surface area contributed by atoms with Gasteiger partial charge in [0.05, 0.1) is 20.8 Å². The molecule has 0 atom stereocenters. The minimum atomic E-state index is -0.232. The monoisotopic (exact) mass is 352 g/mol. The molecule has 0 aliphatic carbocycles. The van der Waals surface area contributed by atoms with E-state index in [-0.39, 0.29) is 12.5 Å². The van der Waals surface area contributed by atoms with Crippen LogP contribution in [-0.4, -0.2) is 34.7 Å². The van der Waals surface area contributed by atoms with E-state index in [2.05, 4.69) is 22.1 Å². The molecule has 7 heteroatoms. The van der Waals surface area contributed by atoms with Gasteiger partial charge in [-0.15, -0.1) is 16.8 Å². The standard InChI is InChI=1S/C19H20N4O3/c1-4-7-13-10-14(11-15(25-2)18(13)26-3)19(24)20-12-17-22-21-16-8-5-6-9-23(16)17/h4-6,8-11H,1,7,12H2,2-3H3,(H,20,24).